The molecular formula is C41H46N6O3S. The van der Waals surface area contributed by atoms with Crippen molar-refractivity contribution in [2.75, 3.05) is 13.1 Å². The van der Waals surface area contributed by atoms with Gasteiger partial charge in [-0.2, -0.15) is 0 Å². The molecule has 1 saturated heterocycles. The number of carbonyl (C=O) groups is 1. The number of pyridine rings is 2. The number of nitrogens with two attached hydrogens (primary N) is 1. The Morgan fingerprint density at radius 1 is 0.745 bits per heavy atom. The third kappa shape index (κ3) is 10.4. The molecule has 3 heterocycles. The molecule has 9 nitrogen and oxygen atoms in total. The second kappa shape index (κ2) is 17.5. The number of nitrogens with one attached hydrogen (secondary N) is 1. The SMILES string of the molecule is N[C@@H](Cc1ccc(S(=O)(=O)Cc2ccccc2)cc1)C(=O)N1CCC(N(Cc2cccc(CNCc3ccccn3)c2)Cc2ccccn2)CC1. The van der Waals surface area contributed by atoms with Crippen LogP contribution in [0.3, 0.4) is 0 Å². The van der Waals surface area contributed by atoms with Crippen molar-refractivity contribution in [2.24, 2.45) is 5.73 Å². The van der Waals surface area contributed by atoms with Crippen LogP contribution in [0.15, 0.2) is 133 Å². The minimum Gasteiger partial charge on any atom is -0.341 e. The molecule has 3 aromatic carbocycles. The first-order chi connectivity index (χ1) is 24.8. The highest BCUT2D eigenvalue weighted by Crippen LogP contribution is 2.23. The number of benzene rings is 3. The average Bonchev–Trinajstić information content (AvgIpc) is 3.16. The van der Waals surface area contributed by atoms with Gasteiger partial charge in [-0.15, -0.1) is 0 Å². The van der Waals surface area contributed by atoms with Crippen LogP contribution in [0.5, 0.6) is 0 Å². The zero-order valence-corrected chi connectivity index (χ0v) is 29.7. The summed E-state index contributed by atoms with van der Waals surface area (Å²) in [6.07, 6.45) is 5.67. The molecule has 6 rings (SSSR count). The van der Waals surface area contributed by atoms with Gasteiger partial charge >= 0.3 is 0 Å². The Labute approximate surface area is 301 Å². The lowest BCUT2D eigenvalue weighted by Crippen LogP contribution is -2.51. The highest BCUT2D eigenvalue weighted by Gasteiger charge is 2.30. The number of amides is 1. The fraction of sp³-hybridized carbons (Fsp3) is 0.293. The Morgan fingerprint density at radius 3 is 2.08 bits per heavy atom. The number of hydrogen-bond donors (Lipinski definition) is 2. The van der Waals surface area contributed by atoms with Crippen LogP contribution in [0, 0.1) is 0 Å². The molecule has 0 radical (unpaired) electrons. The summed E-state index contributed by atoms with van der Waals surface area (Å²) in [4.78, 5) is 27.1. The van der Waals surface area contributed by atoms with Crippen LogP contribution in [-0.2, 0) is 53.0 Å². The summed E-state index contributed by atoms with van der Waals surface area (Å²) in [6, 6.07) is 36.1. The Morgan fingerprint density at radius 2 is 1.39 bits per heavy atom. The smallest absolute Gasteiger partial charge is 0.239 e. The van der Waals surface area contributed by atoms with E-state index < -0.39 is 15.9 Å². The number of aromatic nitrogens is 2. The van der Waals surface area contributed by atoms with Gasteiger partial charge in [0.15, 0.2) is 9.84 Å². The van der Waals surface area contributed by atoms with Gasteiger partial charge < -0.3 is 16.0 Å². The van der Waals surface area contributed by atoms with Gasteiger partial charge in [-0.3, -0.25) is 19.7 Å². The molecule has 1 fully saturated rings. The summed E-state index contributed by atoms with van der Waals surface area (Å²) in [5.41, 5.74) is 12.5. The topological polar surface area (TPSA) is 122 Å². The largest absolute Gasteiger partial charge is 0.341 e. The normalized spacial score (nSPS) is 14.4. The van der Waals surface area contributed by atoms with Gasteiger partial charge in [0.25, 0.3) is 0 Å². The monoisotopic (exact) mass is 702 g/mol. The average molecular weight is 703 g/mol. The van der Waals surface area contributed by atoms with Gasteiger partial charge in [0.05, 0.1) is 28.1 Å². The minimum atomic E-state index is -3.48. The molecule has 1 aliphatic heterocycles. The van der Waals surface area contributed by atoms with E-state index in [1.807, 2.05) is 78.0 Å². The summed E-state index contributed by atoms with van der Waals surface area (Å²) in [5.74, 6) is -0.131. The third-order valence-electron chi connectivity index (χ3n) is 9.38. The number of carbonyl (C=O) groups excluding carboxylic acids is 1. The zero-order valence-electron chi connectivity index (χ0n) is 28.8. The maximum atomic E-state index is 13.5. The maximum absolute atomic E-state index is 13.5. The van der Waals surface area contributed by atoms with Crippen molar-refractivity contribution in [1.29, 1.82) is 0 Å². The number of piperidine rings is 1. The van der Waals surface area contributed by atoms with Gasteiger partial charge in [-0.1, -0.05) is 78.9 Å². The van der Waals surface area contributed by atoms with Crippen LogP contribution in [0.2, 0.25) is 0 Å². The Kier molecular flexibility index (Phi) is 12.3. The zero-order chi connectivity index (χ0) is 35.5. The lowest BCUT2D eigenvalue weighted by atomic mass is 9.99. The first-order valence-electron chi connectivity index (χ1n) is 17.5. The van der Waals surface area contributed by atoms with Gasteiger partial charge in [-0.25, -0.2) is 8.42 Å². The van der Waals surface area contributed by atoms with Crippen molar-refractivity contribution >= 4 is 15.7 Å². The van der Waals surface area contributed by atoms with E-state index in [-0.39, 0.29) is 22.6 Å². The molecule has 1 amide bonds. The second-order valence-electron chi connectivity index (χ2n) is 13.2. The van der Waals surface area contributed by atoms with E-state index in [4.69, 9.17) is 5.73 Å². The first-order valence-corrected chi connectivity index (χ1v) is 19.2. The predicted octanol–water partition coefficient (Wildman–Crippen LogP) is 5.30. The number of rotatable bonds is 15. The molecule has 0 aliphatic carbocycles. The van der Waals surface area contributed by atoms with E-state index in [1.165, 1.54) is 11.1 Å². The summed E-state index contributed by atoms with van der Waals surface area (Å²) < 4.78 is 25.9. The molecule has 1 aliphatic rings. The van der Waals surface area contributed by atoms with Gasteiger partial charge in [0, 0.05) is 57.7 Å². The van der Waals surface area contributed by atoms with Crippen molar-refractivity contribution in [1.82, 2.24) is 25.1 Å². The molecule has 1 atom stereocenters. The number of nitrogens with zero attached hydrogens (tertiary/aromatic N) is 4. The maximum Gasteiger partial charge on any atom is 0.239 e. The predicted molar refractivity (Wildman–Crippen MR) is 200 cm³/mol. The van der Waals surface area contributed by atoms with Crippen molar-refractivity contribution in [3.63, 3.8) is 0 Å². The van der Waals surface area contributed by atoms with Crippen molar-refractivity contribution < 1.29 is 13.2 Å². The third-order valence-corrected chi connectivity index (χ3v) is 11.1. The molecule has 0 saturated carbocycles. The minimum absolute atomic E-state index is 0.0580. The van der Waals surface area contributed by atoms with Crippen LogP contribution < -0.4 is 11.1 Å². The Bertz CT molecular complexity index is 1940. The molecule has 0 spiro atoms. The lowest BCUT2D eigenvalue weighted by Gasteiger charge is -2.39. The standard InChI is InChI=1S/C41H46N6O3S/c42-40(26-32-15-17-39(18-16-32)51(49,50)31-33-9-2-1-3-10-33)41(48)46-23-19-38(20-24-46)47(30-37-14-5-7-22-45-37)29-35-12-8-11-34(25-35)27-43-28-36-13-4-6-21-44-36/h1-18,21-22,25,38,40,43H,19-20,23-24,26-31,42H2/t40-/m0/s1. The number of sulfone groups is 1. The summed E-state index contributed by atoms with van der Waals surface area (Å²) in [7, 11) is -3.48. The fourth-order valence-electron chi connectivity index (χ4n) is 6.66. The van der Waals surface area contributed by atoms with Crippen LogP contribution in [-0.4, -0.2) is 59.3 Å². The van der Waals surface area contributed by atoms with Gasteiger partial charge in [0.2, 0.25) is 5.91 Å². The van der Waals surface area contributed by atoms with Crippen LogP contribution in [0.4, 0.5) is 0 Å². The molecular weight excluding hydrogens is 657 g/mol. The van der Waals surface area contributed by atoms with Crippen LogP contribution in [0.25, 0.3) is 0 Å². The van der Waals surface area contributed by atoms with E-state index in [9.17, 15) is 13.2 Å². The molecule has 3 N–H and O–H groups in total. The molecule has 0 unspecified atom stereocenters. The summed E-state index contributed by atoms with van der Waals surface area (Å²) in [6.45, 7) is 4.22. The van der Waals surface area contributed by atoms with E-state index >= 15 is 0 Å². The van der Waals surface area contributed by atoms with E-state index in [2.05, 4.69) is 50.5 Å². The fourth-order valence-corrected chi connectivity index (χ4v) is 8.01. The number of likely N-dealkylation sites (tertiary alicyclic amines) is 1. The number of hydrogen-bond acceptors (Lipinski definition) is 8. The summed E-state index contributed by atoms with van der Waals surface area (Å²) >= 11 is 0. The second-order valence-corrected chi connectivity index (χ2v) is 15.2. The molecule has 10 heteroatoms. The molecule has 5 aromatic rings. The first kappa shape index (κ1) is 36.1. The van der Waals surface area contributed by atoms with Crippen LogP contribution >= 0.6 is 0 Å². The molecule has 2 aromatic heterocycles. The van der Waals surface area contributed by atoms with Crippen molar-refractivity contribution in [3.8, 4) is 0 Å². The van der Waals surface area contributed by atoms with E-state index in [0.29, 0.717) is 26.1 Å². The molecule has 51 heavy (non-hydrogen) atoms. The summed E-state index contributed by atoms with van der Waals surface area (Å²) in [5, 5.41) is 3.50. The van der Waals surface area contributed by atoms with Gasteiger partial charge in [0.1, 0.15) is 0 Å². The quantitative estimate of drug-likeness (QED) is 0.151. The highest BCUT2D eigenvalue weighted by atomic mass is 32.2. The van der Waals surface area contributed by atoms with Crippen LogP contribution in [0.1, 0.15) is 46.5 Å². The molecule has 264 valence electrons. The Hall–Kier alpha value is -4.74. The van der Waals surface area contributed by atoms with E-state index in [0.717, 1.165) is 55.0 Å². The van der Waals surface area contributed by atoms with Crippen molar-refractivity contribution in [3.05, 3.63) is 161 Å². The lowest BCUT2D eigenvalue weighted by molar-refractivity contribution is -0.134. The van der Waals surface area contributed by atoms with E-state index in [1.54, 1.807) is 24.3 Å². The Balaban J connectivity index is 1.03. The van der Waals surface area contributed by atoms with Crippen molar-refractivity contribution in [2.45, 2.75) is 68.2 Å². The highest BCUT2D eigenvalue weighted by molar-refractivity contribution is 7.90. The molecule has 0 bridgehead atoms. The van der Waals surface area contributed by atoms with Gasteiger partial charge in [-0.05, 0) is 77.9 Å².